The van der Waals surface area contributed by atoms with Crippen LogP contribution < -0.4 is 16.0 Å². The third-order valence-electron chi connectivity index (χ3n) is 7.40. The van der Waals surface area contributed by atoms with Crippen LogP contribution in [0.4, 0.5) is 5.69 Å². The van der Waals surface area contributed by atoms with Crippen molar-refractivity contribution in [1.29, 1.82) is 0 Å². The van der Waals surface area contributed by atoms with Crippen LogP contribution in [0, 0.1) is 5.92 Å². The first-order chi connectivity index (χ1) is 16.5. The SMILES string of the molecule is CN[C@@H](C)C(=O)N[C@@H](C(=O)N1CCC[C@H]1C(=O)Nc1cccc2ccccc12)C1CCCCC1. The second-order valence-corrected chi connectivity index (χ2v) is 9.60. The largest absolute Gasteiger partial charge is 0.343 e. The van der Waals surface area contributed by atoms with Gasteiger partial charge in [0, 0.05) is 17.6 Å². The minimum Gasteiger partial charge on any atom is -0.343 e. The first-order valence-corrected chi connectivity index (χ1v) is 12.6. The first-order valence-electron chi connectivity index (χ1n) is 12.6. The van der Waals surface area contributed by atoms with Crippen LogP contribution in [0.3, 0.4) is 0 Å². The van der Waals surface area contributed by atoms with Gasteiger partial charge in [-0.3, -0.25) is 14.4 Å². The summed E-state index contributed by atoms with van der Waals surface area (Å²) in [6.45, 7) is 2.32. The lowest BCUT2D eigenvalue weighted by molar-refractivity contribution is -0.142. The van der Waals surface area contributed by atoms with Gasteiger partial charge in [-0.15, -0.1) is 0 Å². The maximum absolute atomic E-state index is 13.8. The van der Waals surface area contributed by atoms with Crippen molar-refractivity contribution < 1.29 is 14.4 Å². The number of carbonyl (C=O) groups is 3. The summed E-state index contributed by atoms with van der Waals surface area (Å²) in [7, 11) is 1.73. The number of hydrogen-bond donors (Lipinski definition) is 3. The zero-order valence-corrected chi connectivity index (χ0v) is 20.2. The molecule has 0 radical (unpaired) electrons. The summed E-state index contributed by atoms with van der Waals surface area (Å²) in [4.78, 5) is 41.5. The molecule has 0 spiro atoms. The number of nitrogens with zero attached hydrogens (tertiary/aromatic N) is 1. The molecular formula is C27H36N4O3. The van der Waals surface area contributed by atoms with Gasteiger partial charge in [-0.1, -0.05) is 55.7 Å². The third kappa shape index (κ3) is 5.25. The summed E-state index contributed by atoms with van der Waals surface area (Å²) in [5.41, 5.74) is 0.752. The minimum atomic E-state index is -0.588. The number of hydrogen-bond acceptors (Lipinski definition) is 4. The number of amides is 3. The molecule has 182 valence electrons. The van der Waals surface area contributed by atoms with Gasteiger partial charge in [0.2, 0.25) is 17.7 Å². The molecule has 1 heterocycles. The Morgan fingerprint density at radius 2 is 1.68 bits per heavy atom. The molecule has 4 rings (SSSR count). The number of rotatable bonds is 7. The van der Waals surface area contributed by atoms with E-state index in [-0.39, 0.29) is 29.7 Å². The lowest BCUT2D eigenvalue weighted by Gasteiger charge is -2.35. The number of nitrogens with one attached hydrogen (secondary N) is 3. The van der Waals surface area contributed by atoms with Crippen LogP contribution in [0.25, 0.3) is 10.8 Å². The maximum Gasteiger partial charge on any atom is 0.247 e. The molecule has 3 atom stereocenters. The molecule has 3 amide bonds. The normalized spacial score (nSPS) is 20.6. The van der Waals surface area contributed by atoms with Gasteiger partial charge in [0.25, 0.3) is 0 Å². The number of likely N-dealkylation sites (tertiary alicyclic amines) is 1. The Balaban J connectivity index is 1.52. The van der Waals surface area contributed by atoms with Crippen LogP contribution in [0.2, 0.25) is 0 Å². The van der Waals surface area contributed by atoms with Gasteiger partial charge in [0.05, 0.1) is 6.04 Å². The lowest BCUT2D eigenvalue weighted by Crippen LogP contribution is -2.57. The highest BCUT2D eigenvalue weighted by Gasteiger charge is 2.41. The molecule has 0 bridgehead atoms. The smallest absolute Gasteiger partial charge is 0.247 e. The second-order valence-electron chi connectivity index (χ2n) is 9.60. The molecule has 2 fully saturated rings. The van der Waals surface area contributed by atoms with E-state index in [4.69, 9.17) is 0 Å². The van der Waals surface area contributed by atoms with Gasteiger partial charge in [0.1, 0.15) is 12.1 Å². The Morgan fingerprint density at radius 1 is 0.941 bits per heavy atom. The van der Waals surface area contributed by atoms with Crippen LogP contribution in [0.5, 0.6) is 0 Å². The first kappa shape index (κ1) is 24.2. The Labute approximate surface area is 201 Å². The number of likely N-dealkylation sites (N-methyl/N-ethyl adjacent to an activating group) is 1. The highest BCUT2D eigenvalue weighted by molar-refractivity contribution is 6.05. The fourth-order valence-corrected chi connectivity index (χ4v) is 5.29. The molecule has 1 saturated carbocycles. The molecule has 0 aromatic heterocycles. The molecule has 1 saturated heterocycles. The third-order valence-corrected chi connectivity index (χ3v) is 7.40. The molecule has 34 heavy (non-hydrogen) atoms. The van der Waals surface area contributed by atoms with E-state index < -0.39 is 12.1 Å². The Hall–Kier alpha value is -2.93. The summed E-state index contributed by atoms with van der Waals surface area (Å²) < 4.78 is 0. The summed E-state index contributed by atoms with van der Waals surface area (Å²) in [5.74, 6) is -0.363. The van der Waals surface area contributed by atoms with Gasteiger partial charge in [-0.25, -0.2) is 0 Å². The van der Waals surface area contributed by atoms with Crippen molar-refractivity contribution in [2.24, 2.45) is 5.92 Å². The quantitative estimate of drug-likeness (QED) is 0.586. The van der Waals surface area contributed by atoms with E-state index in [0.29, 0.717) is 13.0 Å². The van der Waals surface area contributed by atoms with Gasteiger partial charge in [-0.05, 0) is 57.0 Å². The topological polar surface area (TPSA) is 90.5 Å². The minimum absolute atomic E-state index is 0.108. The molecule has 2 aliphatic rings. The molecule has 2 aromatic carbocycles. The van der Waals surface area contributed by atoms with Crippen molar-refractivity contribution >= 4 is 34.2 Å². The van der Waals surface area contributed by atoms with Gasteiger partial charge >= 0.3 is 0 Å². The maximum atomic E-state index is 13.8. The number of anilines is 1. The highest BCUT2D eigenvalue weighted by atomic mass is 16.2. The average Bonchev–Trinajstić information content (AvgIpc) is 3.37. The van der Waals surface area contributed by atoms with Crippen LogP contribution in [0.1, 0.15) is 51.9 Å². The Bertz CT molecular complexity index is 1030. The average molecular weight is 465 g/mol. The molecule has 7 heteroatoms. The number of benzene rings is 2. The van der Waals surface area contributed by atoms with Crippen molar-refractivity contribution in [3.63, 3.8) is 0 Å². The predicted molar refractivity (Wildman–Crippen MR) is 134 cm³/mol. The number of fused-ring (bicyclic) bond motifs is 1. The summed E-state index contributed by atoms with van der Waals surface area (Å²) in [6, 6.07) is 12.2. The Kier molecular flexibility index (Phi) is 7.83. The molecular weight excluding hydrogens is 428 g/mol. The zero-order valence-electron chi connectivity index (χ0n) is 20.2. The van der Waals surface area contributed by atoms with Gasteiger partial charge in [-0.2, -0.15) is 0 Å². The van der Waals surface area contributed by atoms with Crippen molar-refractivity contribution in [3.8, 4) is 0 Å². The molecule has 3 N–H and O–H groups in total. The summed E-state index contributed by atoms with van der Waals surface area (Å²) in [6.07, 6.45) is 6.54. The van der Waals surface area contributed by atoms with Crippen molar-refractivity contribution in [2.45, 2.75) is 70.0 Å². The van der Waals surface area contributed by atoms with E-state index in [2.05, 4.69) is 16.0 Å². The Morgan fingerprint density at radius 3 is 2.44 bits per heavy atom. The fourth-order valence-electron chi connectivity index (χ4n) is 5.29. The lowest BCUT2D eigenvalue weighted by atomic mass is 9.83. The second kappa shape index (κ2) is 11.0. The highest BCUT2D eigenvalue weighted by Crippen LogP contribution is 2.30. The van der Waals surface area contributed by atoms with Gasteiger partial charge in [0.15, 0.2) is 0 Å². The number of carbonyl (C=O) groups excluding carboxylic acids is 3. The van der Waals surface area contributed by atoms with Crippen LogP contribution >= 0.6 is 0 Å². The van der Waals surface area contributed by atoms with E-state index in [1.165, 1.54) is 0 Å². The van der Waals surface area contributed by atoms with Crippen molar-refractivity contribution in [1.82, 2.24) is 15.5 Å². The van der Waals surface area contributed by atoms with E-state index in [1.54, 1.807) is 18.9 Å². The van der Waals surface area contributed by atoms with Gasteiger partial charge < -0.3 is 20.9 Å². The molecule has 0 unspecified atom stereocenters. The van der Waals surface area contributed by atoms with E-state index in [1.807, 2.05) is 42.5 Å². The summed E-state index contributed by atoms with van der Waals surface area (Å²) in [5, 5.41) is 11.1. The molecule has 1 aliphatic carbocycles. The predicted octanol–water partition coefficient (Wildman–Crippen LogP) is 3.44. The van der Waals surface area contributed by atoms with Crippen LogP contribution in [-0.2, 0) is 14.4 Å². The summed E-state index contributed by atoms with van der Waals surface area (Å²) >= 11 is 0. The monoisotopic (exact) mass is 464 g/mol. The molecule has 2 aromatic rings. The fraction of sp³-hybridized carbons (Fsp3) is 0.519. The van der Waals surface area contributed by atoms with Crippen LogP contribution in [-0.4, -0.2) is 54.3 Å². The molecule has 7 nitrogen and oxygen atoms in total. The van der Waals surface area contributed by atoms with E-state index in [9.17, 15) is 14.4 Å². The standard InChI is InChI=1S/C27H36N4O3/c1-18(28-2)25(32)30-24(20-11-4-3-5-12-20)27(34)31-17-9-16-23(31)26(33)29-22-15-8-13-19-10-6-7-14-21(19)22/h6-8,10,13-15,18,20,23-24,28H,3-5,9,11-12,16-17H2,1-2H3,(H,29,33)(H,30,32)/t18-,23-,24+/m0/s1. The molecule has 1 aliphatic heterocycles. The van der Waals surface area contributed by atoms with Crippen molar-refractivity contribution in [3.05, 3.63) is 42.5 Å². The van der Waals surface area contributed by atoms with E-state index in [0.717, 1.165) is 55.0 Å². The van der Waals surface area contributed by atoms with Crippen molar-refractivity contribution in [2.75, 3.05) is 18.9 Å². The van der Waals surface area contributed by atoms with E-state index >= 15 is 0 Å². The zero-order chi connectivity index (χ0) is 24.1. The van der Waals surface area contributed by atoms with Crippen LogP contribution in [0.15, 0.2) is 42.5 Å².